The van der Waals surface area contributed by atoms with Gasteiger partial charge in [-0.1, -0.05) is 26.0 Å². The molecule has 0 saturated heterocycles. The second-order valence-corrected chi connectivity index (χ2v) is 4.33. The van der Waals surface area contributed by atoms with Gasteiger partial charge in [-0.25, -0.2) is 4.39 Å². The van der Waals surface area contributed by atoms with Gasteiger partial charge in [-0.2, -0.15) is 0 Å². The average molecular weight is 209 g/mol. The Hall–Kier alpha value is -0.890. The Balaban J connectivity index is 2.81. The van der Waals surface area contributed by atoms with Gasteiger partial charge in [0.1, 0.15) is 5.82 Å². The highest BCUT2D eigenvalue weighted by molar-refractivity contribution is 5.26. The van der Waals surface area contributed by atoms with Crippen molar-refractivity contribution in [2.45, 2.75) is 26.7 Å². The van der Waals surface area contributed by atoms with Crippen LogP contribution in [-0.2, 0) is 0 Å². The second kappa shape index (κ2) is 5.26. The minimum Gasteiger partial charge on any atom is -0.319 e. The van der Waals surface area contributed by atoms with E-state index in [1.165, 1.54) is 0 Å². The van der Waals surface area contributed by atoms with Gasteiger partial charge in [0, 0.05) is 0 Å². The summed E-state index contributed by atoms with van der Waals surface area (Å²) >= 11 is 0. The van der Waals surface area contributed by atoms with Crippen molar-refractivity contribution in [2.75, 3.05) is 13.6 Å². The Morgan fingerprint density at radius 2 is 2.00 bits per heavy atom. The van der Waals surface area contributed by atoms with Gasteiger partial charge in [-0.05, 0) is 49.5 Å². The first-order chi connectivity index (χ1) is 7.06. The van der Waals surface area contributed by atoms with E-state index in [0.29, 0.717) is 17.4 Å². The highest BCUT2D eigenvalue weighted by Crippen LogP contribution is 2.24. The Bertz CT molecular complexity index is 322. The van der Waals surface area contributed by atoms with E-state index in [0.717, 1.165) is 12.1 Å². The van der Waals surface area contributed by atoms with Crippen molar-refractivity contribution in [3.63, 3.8) is 0 Å². The van der Waals surface area contributed by atoms with Gasteiger partial charge in [-0.3, -0.25) is 0 Å². The topological polar surface area (TPSA) is 12.0 Å². The predicted molar refractivity (Wildman–Crippen MR) is 62.6 cm³/mol. The smallest absolute Gasteiger partial charge is 0.126 e. The first-order valence-electron chi connectivity index (χ1n) is 5.47. The molecule has 1 N–H and O–H groups in total. The van der Waals surface area contributed by atoms with Gasteiger partial charge < -0.3 is 5.32 Å². The van der Waals surface area contributed by atoms with E-state index >= 15 is 0 Å². The van der Waals surface area contributed by atoms with Crippen LogP contribution in [0.1, 0.15) is 30.9 Å². The van der Waals surface area contributed by atoms with E-state index in [-0.39, 0.29) is 5.82 Å². The minimum absolute atomic E-state index is 0.101. The molecule has 1 rings (SSSR count). The van der Waals surface area contributed by atoms with Crippen LogP contribution in [-0.4, -0.2) is 13.6 Å². The van der Waals surface area contributed by atoms with Crippen molar-refractivity contribution < 1.29 is 4.39 Å². The van der Waals surface area contributed by atoms with E-state index in [4.69, 9.17) is 0 Å². The Labute approximate surface area is 91.7 Å². The van der Waals surface area contributed by atoms with Gasteiger partial charge in [0.25, 0.3) is 0 Å². The first-order valence-corrected chi connectivity index (χ1v) is 5.47. The largest absolute Gasteiger partial charge is 0.319 e. The van der Waals surface area contributed by atoms with E-state index in [2.05, 4.69) is 19.2 Å². The molecule has 1 aromatic carbocycles. The molecule has 15 heavy (non-hydrogen) atoms. The number of rotatable bonds is 4. The van der Waals surface area contributed by atoms with E-state index in [1.54, 1.807) is 13.0 Å². The fourth-order valence-electron chi connectivity index (χ4n) is 1.72. The van der Waals surface area contributed by atoms with Gasteiger partial charge >= 0.3 is 0 Å². The van der Waals surface area contributed by atoms with Crippen LogP contribution in [0.3, 0.4) is 0 Å². The zero-order valence-electron chi connectivity index (χ0n) is 9.97. The third-order valence-electron chi connectivity index (χ3n) is 3.10. The van der Waals surface area contributed by atoms with E-state index in [1.807, 2.05) is 19.2 Å². The highest BCUT2D eigenvalue weighted by Gasteiger charge is 2.14. The number of halogens is 1. The lowest BCUT2D eigenvalue weighted by Crippen LogP contribution is -2.20. The molecule has 0 aliphatic carbocycles. The molecule has 0 aliphatic rings. The fourth-order valence-corrected chi connectivity index (χ4v) is 1.72. The molecule has 0 aliphatic heterocycles. The van der Waals surface area contributed by atoms with Gasteiger partial charge in [0.05, 0.1) is 0 Å². The molecular formula is C13H20FN. The summed E-state index contributed by atoms with van der Waals surface area (Å²) in [6.45, 7) is 7.07. The molecule has 0 aromatic heterocycles. The zero-order chi connectivity index (χ0) is 11.4. The highest BCUT2D eigenvalue weighted by atomic mass is 19.1. The number of aryl methyl sites for hydroxylation is 1. The number of hydrogen-bond acceptors (Lipinski definition) is 1. The van der Waals surface area contributed by atoms with Gasteiger partial charge in [0.2, 0.25) is 0 Å². The molecule has 1 nitrogen and oxygen atoms in total. The van der Waals surface area contributed by atoms with Crippen molar-refractivity contribution in [1.29, 1.82) is 0 Å². The third kappa shape index (κ3) is 3.03. The third-order valence-corrected chi connectivity index (χ3v) is 3.10. The maximum atomic E-state index is 13.4. The summed E-state index contributed by atoms with van der Waals surface area (Å²) in [4.78, 5) is 0. The Kier molecular flexibility index (Phi) is 4.28. The SMILES string of the molecule is CNCC(C)C(C)c1ccc(C)c(F)c1. The van der Waals surface area contributed by atoms with Crippen molar-refractivity contribution in [2.24, 2.45) is 5.92 Å². The van der Waals surface area contributed by atoms with Crippen LogP contribution in [0, 0.1) is 18.7 Å². The summed E-state index contributed by atoms with van der Waals surface area (Å²) in [5, 5.41) is 3.15. The van der Waals surface area contributed by atoms with Crippen LogP contribution in [0.5, 0.6) is 0 Å². The number of benzene rings is 1. The number of hydrogen-bond donors (Lipinski definition) is 1. The maximum absolute atomic E-state index is 13.4. The molecule has 0 fully saturated rings. The lowest BCUT2D eigenvalue weighted by Gasteiger charge is -2.20. The van der Waals surface area contributed by atoms with Crippen LogP contribution in [0.4, 0.5) is 4.39 Å². The predicted octanol–water partition coefficient (Wildman–Crippen LogP) is 3.09. The van der Waals surface area contributed by atoms with Gasteiger partial charge in [-0.15, -0.1) is 0 Å². The molecule has 2 unspecified atom stereocenters. The van der Waals surface area contributed by atoms with Crippen molar-refractivity contribution in [3.8, 4) is 0 Å². The Morgan fingerprint density at radius 3 is 2.53 bits per heavy atom. The molecular weight excluding hydrogens is 189 g/mol. The lowest BCUT2D eigenvalue weighted by molar-refractivity contribution is 0.464. The summed E-state index contributed by atoms with van der Waals surface area (Å²) < 4.78 is 13.4. The second-order valence-electron chi connectivity index (χ2n) is 4.33. The molecule has 1 aromatic rings. The molecule has 0 heterocycles. The molecule has 2 heteroatoms. The van der Waals surface area contributed by atoms with Crippen molar-refractivity contribution >= 4 is 0 Å². The lowest BCUT2D eigenvalue weighted by atomic mass is 9.88. The molecule has 0 radical (unpaired) electrons. The summed E-state index contributed by atoms with van der Waals surface area (Å²) in [6, 6.07) is 5.54. The normalized spacial score (nSPS) is 15.0. The van der Waals surface area contributed by atoms with Crippen LogP contribution < -0.4 is 5.32 Å². The van der Waals surface area contributed by atoms with Crippen LogP contribution >= 0.6 is 0 Å². The molecule has 0 amide bonds. The zero-order valence-corrected chi connectivity index (χ0v) is 9.97. The summed E-state index contributed by atoms with van der Waals surface area (Å²) in [5.41, 5.74) is 1.80. The average Bonchev–Trinajstić information content (AvgIpc) is 2.21. The molecule has 0 saturated carbocycles. The maximum Gasteiger partial charge on any atom is 0.126 e. The van der Waals surface area contributed by atoms with Crippen LogP contribution in [0.15, 0.2) is 18.2 Å². The van der Waals surface area contributed by atoms with Gasteiger partial charge in [0.15, 0.2) is 0 Å². The standard InChI is InChI=1S/C13H20FN/c1-9-5-6-12(7-13(9)14)11(3)10(2)8-15-4/h5-7,10-11,15H,8H2,1-4H3. The Morgan fingerprint density at radius 1 is 1.33 bits per heavy atom. The van der Waals surface area contributed by atoms with Crippen molar-refractivity contribution in [3.05, 3.63) is 35.1 Å². The monoisotopic (exact) mass is 209 g/mol. The summed E-state index contributed by atoms with van der Waals surface area (Å²) in [6.07, 6.45) is 0. The molecule has 0 spiro atoms. The van der Waals surface area contributed by atoms with E-state index < -0.39 is 0 Å². The molecule has 2 atom stereocenters. The van der Waals surface area contributed by atoms with Crippen LogP contribution in [0.25, 0.3) is 0 Å². The van der Waals surface area contributed by atoms with Crippen molar-refractivity contribution in [1.82, 2.24) is 5.32 Å². The molecule has 84 valence electrons. The first kappa shape index (κ1) is 12.2. The molecule has 0 bridgehead atoms. The fraction of sp³-hybridized carbons (Fsp3) is 0.538. The quantitative estimate of drug-likeness (QED) is 0.803. The van der Waals surface area contributed by atoms with E-state index in [9.17, 15) is 4.39 Å². The van der Waals surface area contributed by atoms with Crippen LogP contribution in [0.2, 0.25) is 0 Å². The summed E-state index contributed by atoms with van der Waals surface area (Å²) in [5.74, 6) is 0.792. The minimum atomic E-state index is -0.101. The summed E-state index contributed by atoms with van der Waals surface area (Å²) in [7, 11) is 1.94. The number of nitrogens with one attached hydrogen (secondary N) is 1.